The molecule has 1 aromatic rings. The van der Waals surface area contributed by atoms with E-state index in [4.69, 9.17) is 14.2 Å². The molecule has 1 saturated carbocycles. The number of carbonyl (C=O) groups is 1. The molecule has 0 radical (unpaired) electrons. The van der Waals surface area contributed by atoms with Crippen LogP contribution in [-0.4, -0.2) is 50.0 Å². The van der Waals surface area contributed by atoms with Gasteiger partial charge in [0.15, 0.2) is 0 Å². The number of likely N-dealkylation sites (tertiary alicyclic amines) is 1. The highest BCUT2D eigenvalue weighted by Crippen LogP contribution is 2.49. The summed E-state index contributed by atoms with van der Waals surface area (Å²) in [5, 5.41) is 0. The number of methoxy groups -OCH3 is 1. The van der Waals surface area contributed by atoms with Crippen LogP contribution in [-0.2, 0) is 26.1 Å². The van der Waals surface area contributed by atoms with Gasteiger partial charge in [-0.15, -0.1) is 0 Å². The standard InChI is InChI=1S/C20H25NO4/c1-23-15-6-5-14-9-17-18-20(16(14)10-15,11-24-12-25-18)7-8-21(17)19(22)13-3-2-4-13/h5-6,10,13,17-18H,2-4,7-9,11-12H2,1H3/t17-,18+,20-/m1/s1. The van der Waals surface area contributed by atoms with E-state index < -0.39 is 0 Å². The second kappa shape index (κ2) is 5.71. The van der Waals surface area contributed by atoms with Crippen LogP contribution in [0.3, 0.4) is 0 Å². The quantitative estimate of drug-likeness (QED) is 0.826. The minimum atomic E-state index is -0.151. The first kappa shape index (κ1) is 15.6. The maximum Gasteiger partial charge on any atom is 0.226 e. The SMILES string of the molecule is COc1ccc2c(c1)[C@]13CCN(C(=O)C4CCC4)[C@H](C2)[C@@H]1OCOC3. The largest absolute Gasteiger partial charge is 0.497 e. The first-order valence-corrected chi connectivity index (χ1v) is 9.40. The van der Waals surface area contributed by atoms with Crippen molar-refractivity contribution in [2.45, 2.75) is 49.7 Å². The second-order valence-corrected chi connectivity index (χ2v) is 7.91. The van der Waals surface area contributed by atoms with E-state index in [0.717, 1.165) is 38.0 Å². The number of piperidine rings is 1. The maximum absolute atomic E-state index is 13.0. The van der Waals surface area contributed by atoms with Crippen LogP contribution in [0.2, 0.25) is 0 Å². The molecule has 1 amide bonds. The molecule has 2 aliphatic heterocycles. The Morgan fingerprint density at radius 3 is 3.00 bits per heavy atom. The van der Waals surface area contributed by atoms with Crippen molar-refractivity contribution in [2.75, 3.05) is 27.1 Å². The summed E-state index contributed by atoms with van der Waals surface area (Å²) < 4.78 is 17.3. The molecule has 1 aromatic carbocycles. The summed E-state index contributed by atoms with van der Waals surface area (Å²) in [7, 11) is 1.70. The smallest absolute Gasteiger partial charge is 0.226 e. The van der Waals surface area contributed by atoms with Crippen molar-refractivity contribution in [1.29, 1.82) is 0 Å². The van der Waals surface area contributed by atoms with Crippen LogP contribution in [0.4, 0.5) is 0 Å². The number of carbonyl (C=O) groups excluding carboxylic acids is 1. The van der Waals surface area contributed by atoms with Gasteiger partial charge in [0.25, 0.3) is 0 Å². The topological polar surface area (TPSA) is 48.0 Å². The normalized spacial score (nSPS) is 33.9. The van der Waals surface area contributed by atoms with Crippen molar-refractivity contribution in [1.82, 2.24) is 4.90 Å². The lowest BCUT2D eigenvalue weighted by Crippen LogP contribution is -2.68. The number of hydrogen-bond acceptors (Lipinski definition) is 4. The van der Waals surface area contributed by atoms with Crippen LogP contribution in [0.1, 0.15) is 36.8 Å². The minimum absolute atomic E-state index is 0.0265. The van der Waals surface area contributed by atoms with Gasteiger partial charge in [-0.3, -0.25) is 4.79 Å². The van der Waals surface area contributed by atoms with Gasteiger partial charge in [0.1, 0.15) is 12.5 Å². The number of amides is 1. The van der Waals surface area contributed by atoms with E-state index in [1.165, 1.54) is 17.5 Å². The minimum Gasteiger partial charge on any atom is -0.497 e. The number of hydrogen-bond donors (Lipinski definition) is 0. The Kier molecular flexibility index (Phi) is 3.57. The highest BCUT2D eigenvalue weighted by atomic mass is 16.7. The molecule has 0 aromatic heterocycles. The zero-order chi connectivity index (χ0) is 17.0. The summed E-state index contributed by atoms with van der Waals surface area (Å²) in [4.78, 5) is 15.1. The number of ether oxygens (including phenoxy) is 3. The molecule has 2 bridgehead atoms. The van der Waals surface area contributed by atoms with Gasteiger partial charge in [-0.2, -0.15) is 0 Å². The van der Waals surface area contributed by atoms with Gasteiger partial charge in [0.05, 0.1) is 25.9 Å². The van der Waals surface area contributed by atoms with E-state index in [9.17, 15) is 4.79 Å². The zero-order valence-electron chi connectivity index (χ0n) is 14.7. The Bertz CT molecular complexity index is 701. The monoisotopic (exact) mass is 343 g/mol. The maximum atomic E-state index is 13.0. The number of fused-ring (bicyclic) bond motifs is 1. The van der Waals surface area contributed by atoms with E-state index in [0.29, 0.717) is 19.3 Å². The first-order chi connectivity index (χ1) is 12.2. The number of benzene rings is 1. The number of rotatable bonds is 2. The lowest BCUT2D eigenvalue weighted by Gasteiger charge is -2.58. The van der Waals surface area contributed by atoms with Crippen LogP contribution in [0.15, 0.2) is 18.2 Å². The van der Waals surface area contributed by atoms with Crippen molar-refractivity contribution in [2.24, 2.45) is 5.92 Å². The van der Waals surface area contributed by atoms with Gasteiger partial charge in [-0.05, 0) is 48.9 Å². The second-order valence-electron chi connectivity index (χ2n) is 7.91. The van der Waals surface area contributed by atoms with E-state index in [-0.39, 0.29) is 23.5 Å². The van der Waals surface area contributed by atoms with Crippen LogP contribution >= 0.6 is 0 Å². The molecule has 3 atom stereocenters. The van der Waals surface area contributed by atoms with Crippen LogP contribution in [0.25, 0.3) is 0 Å². The summed E-state index contributed by atoms with van der Waals surface area (Å²) in [6, 6.07) is 6.46. The summed E-state index contributed by atoms with van der Waals surface area (Å²) in [5.74, 6) is 1.46. The predicted molar refractivity (Wildman–Crippen MR) is 91.5 cm³/mol. The fourth-order valence-corrected chi connectivity index (χ4v) is 5.23. The molecule has 25 heavy (non-hydrogen) atoms. The molecule has 2 heterocycles. The molecule has 5 heteroatoms. The molecule has 134 valence electrons. The third-order valence-electron chi connectivity index (χ3n) is 6.80. The molecule has 2 aliphatic carbocycles. The van der Waals surface area contributed by atoms with Crippen molar-refractivity contribution in [3.8, 4) is 5.75 Å². The molecular weight excluding hydrogens is 318 g/mol. The van der Waals surface area contributed by atoms with Gasteiger partial charge in [-0.1, -0.05) is 12.5 Å². The fourth-order valence-electron chi connectivity index (χ4n) is 5.23. The predicted octanol–water partition coefficient (Wildman–Crippen LogP) is 2.26. The van der Waals surface area contributed by atoms with Crippen molar-refractivity contribution < 1.29 is 19.0 Å². The Morgan fingerprint density at radius 1 is 1.36 bits per heavy atom. The third-order valence-corrected chi connectivity index (χ3v) is 6.80. The summed E-state index contributed by atoms with van der Waals surface area (Å²) >= 11 is 0. The molecule has 0 N–H and O–H groups in total. The number of nitrogens with zero attached hydrogens (tertiary/aromatic N) is 1. The molecule has 2 saturated heterocycles. The molecular formula is C20H25NO4. The lowest BCUT2D eigenvalue weighted by atomic mass is 9.61. The summed E-state index contributed by atoms with van der Waals surface area (Å²) in [5.41, 5.74) is 2.45. The first-order valence-electron chi connectivity index (χ1n) is 9.40. The van der Waals surface area contributed by atoms with Crippen LogP contribution in [0, 0.1) is 5.92 Å². The van der Waals surface area contributed by atoms with E-state index in [1.54, 1.807) is 7.11 Å². The van der Waals surface area contributed by atoms with Crippen molar-refractivity contribution in [3.05, 3.63) is 29.3 Å². The van der Waals surface area contributed by atoms with Crippen molar-refractivity contribution >= 4 is 5.91 Å². The Morgan fingerprint density at radius 2 is 2.24 bits per heavy atom. The third kappa shape index (κ3) is 2.18. The average Bonchev–Trinajstić information content (AvgIpc) is 2.60. The van der Waals surface area contributed by atoms with Crippen molar-refractivity contribution in [3.63, 3.8) is 0 Å². The average molecular weight is 343 g/mol. The Balaban J connectivity index is 1.56. The molecule has 5 rings (SSSR count). The molecule has 0 spiro atoms. The van der Waals surface area contributed by atoms with Gasteiger partial charge in [-0.25, -0.2) is 0 Å². The molecule has 0 unspecified atom stereocenters. The highest BCUT2D eigenvalue weighted by molar-refractivity contribution is 5.80. The van der Waals surface area contributed by atoms with Gasteiger partial charge in [0.2, 0.25) is 5.91 Å². The van der Waals surface area contributed by atoms with E-state index in [1.807, 2.05) is 6.07 Å². The Labute approximate surface area is 148 Å². The van der Waals surface area contributed by atoms with E-state index in [2.05, 4.69) is 17.0 Å². The van der Waals surface area contributed by atoms with Crippen LogP contribution < -0.4 is 4.74 Å². The molecule has 4 aliphatic rings. The molecule has 5 nitrogen and oxygen atoms in total. The van der Waals surface area contributed by atoms with E-state index >= 15 is 0 Å². The van der Waals surface area contributed by atoms with Gasteiger partial charge < -0.3 is 19.1 Å². The zero-order valence-corrected chi connectivity index (χ0v) is 14.7. The van der Waals surface area contributed by atoms with Gasteiger partial charge >= 0.3 is 0 Å². The summed E-state index contributed by atoms with van der Waals surface area (Å²) in [6.07, 6.45) is 5.08. The van der Waals surface area contributed by atoms with Crippen LogP contribution in [0.5, 0.6) is 5.75 Å². The lowest BCUT2D eigenvalue weighted by molar-refractivity contribution is -0.223. The summed E-state index contributed by atoms with van der Waals surface area (Å²) in [6.45, 7) is 1.80. The highest BCUT2D eigenvalue weighted by Gasteiger charge is 2.57. The Hall–Kier alpha value is -1.59. The molecule has 3 fully saturated rings. The van der Waals surface area contributed by atoms with Gasteiger partial charge in [0, 0.05) is 17.9 Å². The fraction of sp³-hybridized carbons (Fsp3) is 0.650.